The quantitative estimate of drug-likeness (QED) is 0.554. The molecule has 2 nitrogen and oxygen atoms in total. The Kier molecular flexibility index (Phi) is 3.86. The fraction of sp³-hybridized carbons (Fsp3) is 0.304. The molecular formula is C23H22F3NO. The average molecular weight is 385 g/mol. The normalized spacial score (nSPS) is 19.8. The molecule has 0 radical (unpaired) electrons. The van der Waals surface area contributed by atoms with Gasteiger partial charge in [-0.1, -0.05) is 63.2 Å². The molecule has 0 fully saturated rings. The van der Waals surface area contributed by atoms with E-state index in [1.807, 2.05) is 24.3 Å². The van der Waals surface area contributed by atoms with Gasteiger partial charge in [-0.3, -0.25) is 0 Å². The van der Waals surface area contributed by atoms with Crippen LogP contribution in [0.3, 0.4) is 0 Å². The lowest BCUT2D eigenvalue weighted by atomic mass is 9.86. The molecule has 2 heterocycles. The number of fused-ring (bicyclic) bond motifs is 3. The number of aryl methyl sites for hydroxylation is 1. The molecule has 0 amide bonds. The number of hydrogen-bond donors (Lipinski definition) is 1. The maximum Gasteiger partial charge on any atom is 0.441 e. The van der Waals surface area contributed by atoms with Gasteiger partial charge in [0.15, 0.2) is 0 Å². The zero-order valence-corrected chi connectivity index (χ0v) is 16.2. The van der Waals surface area contributed by atoms with Crippen LogP contribution < -0.4 is 0 Å². The predicted molar refractivity (Wildman–Crippen MR) is 105 cm³/mol. The minimum Gasteiger partial charge on any atom is -0.360 e. The summed E-state index contributed by atoms with van der Waals surface area (Å²) < 4.78 is 42.9. The second-order valence-corrected chi connectivity index (χ2v) is 8.44. The van der Waals surface area contributed by atoms with Crippen molar-refractivity contribution >= 4 is 16.5 Å². The maximum atomic E-state index is 14.0. The van der Waals surface area contributed by atoms with Gasteiger partial charge in [0.2, 0.25) is 0 Å². The van der Waals surface area contributed by atoms with E-state index in [2.05, 4.69) is 20.8 Å². The largest absolute Gasteiger partial charge is 0.441 e. The molecule has 146 valence electrons. The van der Waals surface area contributed by atoms with Crippen molar-refractivity contribution in [2.24, 2.45) is 0 Å². The van der Waals surface area contributed by atoms with E-state index in [1.165, 1.54) is 0 Å². The van der Waals surface area contributed by atoms with Crippen LogP contribution >= 0.6 is 0 Å². The Morgan fingerprint density at radius 2 is 1.54 bits per heavy atom. The lowest BCUT2D eigenvalue weighted by Crippen LogP contribution is -2.44. The fourth-order valence-electron chi connectivity index (χ4n) is 3.99. The fourth-order valence-corrected chi connectivity index (χ4v) is 3.99. The van der Waals surface area contributed by atoms with Gasteiger partial charge in [-0.05, 0) is 41.2 Å². The smallest absolute Gasteiger partial charge is 0.360 e. The third-order valence-electron chi connectivity index (χ3n) is 5.55. The van der Waals surface area contributed by atoms with Crippen molar-refractivity contribution in [3.8, 4) is 0 Å². The van der Waals surface area contributed by atoms with Gasteiger partial charge in [-0.15, -0.1) is 0 Å². The van der Waals surface area contributed by atoms with Crippen LogP contribution in [0.15, 0.2) is 54.6 Å². The Morgan fingerprint density at radius 3 is 2.11 bits per heavy atom. The van der Waals surface area contributed by atoms with Gasteiger partial charge in [0.05, 0.1) is 11.2 Å². The van der Waals surface area contributed by atoms with E-state index in [0.29, 0.717) is 27.7 Å². The van der Waals surface area contributed by atoms with Crippen molar-refractivity contribution in [2.75, 3.05) is 0 Å². The number of halogens is 3. The number of rotatable bonds is 1. The van der Waals surface area contributed by atoms with Crippen LogP contribution in [0.5, 0.6) is 0 Å². The highest BCUT2D eigenvalue weighted by Crippen LogP contribution is 2.50. The Bertz CT molecular complexity index is 1100. The maximum absolute atomic E-state index is 14.0. The van der Waals surface area contributed by atoms with Gasteiger partial charge < -0.3 is 9.67 Å². The Hall–Kier alpha value is -2.53. The first kappa shape index (κ1) is 18.8. The highest BCUT2D eigenvalue weighted by molar-refractivity contribution is 5.95. The van der Waals surface area contributed by atoms with Gasteiger partial charge in [0, 0.05) is 11.0 Å². The number of nitrogens with zero attached hydrogens (tertiary/aromatic N) is 1. The summed E-state index contributed by atoms with van der Waals surface area (Å²) in [4.78, 5) is 0. The molecule has 1 N–H and O–H groups in total. The molecule has 4 rings (SSSR count). The molecule has 5 heteroatoms. The molecule has 0 aliphatic carbocycles. The predicted octanol–water partition coefficient (Wildman–Crippen LogP) is 5.90. The van der Waals surface area contributed by atoms with Gasteiger partial charge in [0.25, 0.3) is 5.72 Å². The summed E-state index contributed by atoms with van der Waals surface area (Å²) in [5.74, 6) is 0. The molecule has 1 aliphatic rings. The zero-order valence-electron chi connectivity index (χ0n) is 16.2. The molecule has 1 aromatic heterocycles. The molecule has 2 aromatic carbocycles. The molecule has 0 saturated carbocycles. The minimum absolute atomic E-state index is 0.0554. The van der Waals surface area contributed by atoms with Crippen molar-refractivity contribution in [3.63, 3.8) is 0 Å². The van der Waals surface area contributed by atoms with Crippen LogP contribution in [0.25, 0.3) is 16.5 Å². The molecule has 3 aromatic rings. The van der Waals surface area contributed by atoms with Crippen LogP contribution in [0.4, 0.5) is 13.2 Å². The molecule has 1 atom stereocenters. The lowest BCUT2D eigenvalue weighted by Gasteiger charge is -2.27. The van der Waals surface area contributed by atoms with Crippen molar-refractivity contribution in [3.05, 3.63) is 77.0 Å². The molecule has 28 heavy (non-hydrogen) atoms. The number of aliphatic hydroxyl groups is 1. The van der Waals surface area contributed by atoms with Gasteiger partial charge in [0.1, 0.15) is 0 Å². The van der Waals surface area contributed by atoms with E-state index in [9.17, 15) is 18.3 Å². The molecule has 1 unspecified atom stereocenters. The summed E-state index contributed by atoms with van der Waals surface area (Å²) in [6.45, 7) is 8.05. The number of alkyl halides is 3. The van der Waals surface area contributed by atoms with Crippen molar-refractivity contribution < 1.29 is 18.3 Å². The topological polar surface area (TPSA) is 25.2 Å². The summed E-state index contributed by atoms with van der Waals surface area (Å²) in [5.41, 5.74) is 0.514. The molecule has 0 bridgehead atoms. The van der Waals surface area contributed by atoms with E-state index in [4.69, 9.17) is 0 Å². The van der Waals surface area contributed by atoms with Crippen LogP contribution in [-0.2, 0) is 11.1 Å². The van der Waals surface area contributed by atoms with Crippen LogP contribution in [0.1, 0.15) is 43.2 Å². The standard InChI is InChI=1S/C23H22F3NO/c1-14-17-7-5-6-8-19(17)27-20(14)18(13-22(27,28)23(24,25)26)15-9-11-16(12-10-15)21(2,3)4/h5-13,28H,1-4H3. The van der Waals surface area contributed by atoms with E-state index in [-0.39, 0.29) is 5.41 Å². The minimum atomic E-state index is -4.84. The summed E-state index contributed by atoms with van der Waals surface area (Å²) >= 11 is 0. The number of aromatic nitrogens is 1. The highest BCUT2D eigenvalue weighted by Gasteiger charge is 2.58. The van der Waals surface area contributed by atoms with Gasteiger partial charge >= 0.3 is 6.18 Å². The van der Waals surface area contributed by atoms with Gasteiger partial charge in [-0.2, -0.15) is 13.2 Å². The summed E-state index contributed by atoms with van der Waals surface area (Å²) in [5, 5.41) is 11.5. The average Bonchev–Trinajstić information content (AvgIpc) is 3.10. The Labute approximate surface area is 161 Å². The summed E-state index contributed by atoms with van der Waals surface area (Å²) in [6, 6.07) is 14.4. The van der Waals surface area contributed by atoms with E-state index < -0.39 is 11.9 Å². The van der Waals surface area contributed by atoms with E-state index >= 15 is 0 Å². The highest BCUT2D eigenvalue weighted by atomic mass is 19.4. The molecule has 1 aliphatic heterocycles. The van der Waals surface area contributed by atoms with Crippen LogP contribution in [0, 0.1) is 6.92 Å². The monoisotopic (exact) mass is 385 g/mol. The van der Waals surface area contributed by atoms with E-state index in [1.54, 1.807) is 31.2 Å². The lowest BCUT2D eigenvalue weighted by molar-refractivity contribution is -0.272. The van der Waals surface area contributed by atoms with Crippen LogP contribution in [-0.4, -0.2) is 15.8 Å². The number of hydrogen-bond acceptors (Lipinski definition) is 1. The third kappa shape index (κ3) is 2.53. The van der Waals surface area contributed by atoms with E-state index in [0.717, 1.165) is 21.8 Å². The third-order valence-corrected chi connectivity index (χ3v) is 5.55. The molecule has 0 saturated heterocycles. The number of benzene rings is 2. The van der Waals surface area contributed by atoms with Crippen molar-refractivity contribution in [2.45, 2.75) is 45.0 Å². The number of para-hydroxylation sites is 1. The second kappa shape index (κ2) is 5.74. The SMILES string of the molecule is Cc1c2n(c3ccccc13)C(O)(C(F)(F)F)C=C2c1ccc(C(C)(C)C)cc1. The first-order valence-electron chi connectivity index (χ1n) is 9.19. The molecule has 0 spiro atoms. The Balaban J connectivity index is 1.99. The first-order valence-corrected chi connectivity index (χ1v) is 9.19. The van der Waals surface area contributed by atoms with Gasteiger partial charge in [-0.25, -0.2) is 0 Å². The van der Waals surface area contributed by atoms with Crippen LogP contribution in [0.2, 0.25) is 0 Å². The zero-order chi connectivity index (χ0) is 20.5. The Morgan fingerprint density at radius 1 is 0.929 bits per heavy atom. The molecular weight excluding hydrogens is 363 g/mol. The first-order chi connectivity index (χ1) is 12.9. The summed E-state index contributed by atoms with van der Waals surface area (Å²) in [7, 11) is 0. The van der Waals surface area contributed by atoms with Crippen molar-refractivity contribution in [1.29, 1.82) is 0 Å². The summed E-state index contributed by atoms with van der Waals surface area (Å²) in [6.07, 6.45) is -3.91. The van der Waals surface area contributed by atoms with Crippen molar-refractivity contribution in [1.82, 2.24) is 4.57 Å². The second-order valence-electron chi connectivity index (χ2n) is 8.44.